The van der Waals surface area contributed by atoms with E-state index >= 15 is 0 Å². The molecule has 0 N–H and O–H groups in total. The number of benzene rings is 1. The lowest BCUT2D eigenvalue weighted by molar-refractivity contribution is 0.0769. The van der Waals surface area contributed by atoms with E-state index in [0.29, 0.717) is 0 Å². The van der Waals surface area contributed by atoms with Gasteiger partial charge in [0, 0.05) is 37.3 Å². The highest BCUT2D eigenvalue weighted by Gasteiger charge is 2.25. The molecule has 2 fully saturated rings. The molecule has 1 amide bonds. The minimum Gasteiger partial charge on any atom is -0.356 e. The highest BCUT2D eigenvalue weighted by atomic mass is 32.2. The second-order valence-corrected chi connectivity index (χ2v) is 7.73. The minimum absolute atomic E-state index is 0.151. The van der Waals surface area contributed by atoms with E-state index in [1.54, 1.807) is 0 Å². The highest BCUT2D eigenvalue weighted by molar-refractivity contribution is 7.99. The molecular weight excluding hydrogens is 318 g/mol. The van der Waals surface area contributed by atoms with Gasteiger partial charge in [-0.25, -0.2) is 4.98 Å². The second kappa shape index (κ2) is 7.01. The van der Waals surface area contributed by atoms with Gasteiger partial charge in [-0.1, -0.05) is 18.2 Å². The quantitative estimate of drug-likeness (QED) is 0.839. The molecule has 1 aromatic heterocycles. The number of carbonyl (C=O) groups excluding carboxylic acids is 1. The summed E-state index contributed by atoms with van der Waals surface area (Å²) < 4.78 is 0. The Hall–Kier alpha value is -1.75. The van der Waals surface area contributed by atoms with Crippen LogP contribution in [0.3, 0.4) is 0 Å². The molecular formula is C19H23N3OS. The van der Waals surface area contributed by atoms with E-state index in [1.807, 2.05) is 40.9 Å². The van der Waals surface area contributed by atoms with E-state index in [0.717, 1.165) is 66.4 Å². The van der Waals surface area contributed by atoms with Gasteiger partial charge in [0.25, 0.3) is 5.91 Å². The SMILES string of the molecule is O=C(c1cc2ccccc2nc1N1CCCC1)N1CCCSCC1. The molecule has 2 saturated heterocycles. The lowest BCUT2D eigenvalue weighted by Gasteiger charge is -2.25. The van der Waals surface area contributed by atoms with Crippen molar-refractivity contribution in [2.24, 2.45) is 0 Å². The summed E-state index contributed by atoms with van der Waals surface area (Å²) >= 11 is 1.94. The molecule has 0 spiro atoms. The maximum atomic E-state index is 13.2. The third-order valence-electron chi connectivity index (χ3n) is 4.85. The summed E-state index contributed by atoms with van der Waals surface area (Å²) in [6.45, 7) is 3.71. The number of rotatable bonds is 2. The van der Waals surface area contributed by atoms with E-state index in [-0.39, 0.29) is 5.91 Å². The molecule has 3 heterocycles. The van der Waals surface area contributed by atoms with Crippen molar-refractivity contribution in [3.8, 4) is 0 Å². The van der Waals surface area contributed by atoms with E-state index in [2.05, 4.69) is 11.0 Å². The van der Waals surface area contributed by atoms with Crippen LogP contribution in [0.2, 0.25) is 0 Å². The first-order valence-corrected chi connectivity index (χ1v) is 10.0. The smallest absolute Gasteiger partial charge is 0.257 e. The molecule has 5 heteroatoms. The molecule has 2 aromatic rings. The van der Waals surface area contributed by atoms with Crippen LogP contribution in [0, 0.1) is 0 Å². The summed E-state index contributed by atoms with van der Waals surface area (Å²) in [5.74, 6) is 3.22. The van der Waals surface area contributed by atoms with E-state index in [9.17, 15) is 4.79 Å². The zero-order valence-electron chi connectivity index (χ0n) is 13.9. The van der Waals surface area contributed by atoms with Gasteiger partial charge in [-0.2, -0.15) is 11.8 Å². The van der Waals surface area contributed by atoms with Gasteiger partial charge in [0.1, 0.15) is 5.82 Å². The molecule has 24 heavy (non-hydrogen) atoms. The molecule has 0 atom stereocenters. The fraction of sp³-hybridized carbons (Fsp3) is 0.474. The number of thioether (sulfide) groups is 1. The molecule has 0 bridgehead atoms. The Morgan fingerprint density at radius 2 is 1.83 bits per heavy atom. The Labute approximate surface area is 147 Å². The summed E-state index contributed by atoms with van der Waals surface area (Å²) in [6, 6.07) is 10.2. The average molecular weight is 341 g/mol. The Balaban J connectivity index is 1.76. The van der Waals surface area contributed by atoms with Gasteiger partial charge in [-0.3, -0.25) is 4.79 Å². The van der Waals surface area contributed by atoms with Gasteiger partial charge in [0.05, 0.1) is 11.1 Å². The van der Waals surface area contributed by atoms with Crippen molar-refractivity contribution in [1.82, 2.24) is 9.88 Å². The number of aromatic nitrogens is 1. The largest absolute Gasteiger partial charge is 0.356 e. The van der Waals surface area contributed by atoms with Crippen LogP contribution in [0.5, 0.6) is 0 Å². The van der Waals surface area contributed by atoms with Crippen molar-refractivity contribution in [3.05, 3.63) is 35.9 Å². The van der Waals surface area contributed by atoms with Crippen molar-refractivity contribution in [2.45, 2.75) is 19.3 Å². The number of amides is 1. The lowest BCUT2D eigenvalue weighted by Crippen LogP contribution is -2.34. The van der Waals surface area contributed by atoms with Crippen LogP contribution in [-0.4, -0.2) is 53.5 Å². The highest BCUT2D eigenvalue weighted by Crippen LogP contribution is 2.28. The third-order valence-corrected chi connectivity index (χ3v) is 5.90. The van der Waals surface area contributed by atoms with E-state index in [4.69, 9.17) is 4.98 Å². The Bertz CT molecular complexity index is 734. The summed E-state index contributed by atoms with van der Waals surface area (Å²) in [5, 5.41) is 1.05. The summed E-state index contributed by atoms with van der Waals surface area (Å²) in [7, 11) is 0. The Morgan fingerprint density at radius 1 is 1.00 bits per heavy atom. The first kappa shape index (κ1) is 15.8. The van der Waals surface area contributed by atoms with Crippen LogP contribution in [0.4, 0.5) is 5.82 Å². The normalized spacial score (nSPS) is 18.8. The summed E-state index contributed by atoms with van der Waals surface area (Å²) in [6.07, 6.45) is 3.45. The van der Waals surface area contributed by atoms with Crippen molar-refractivity contribution < 1.29 is 4.79 Å². The van der Waals surface area contributed by atoms with Crippen molar-refractivity contribution in [1.29, 1.82) is 0 Å². The monoisotopic (exact) mass is 341 g/mol. The number of hydrogen-bond acceptors (Lipinski definition) is 4. The lowest BCUT2D eigenvalue weighted by atomic mass is 10.1. The Morgan fingerprint density at radius 3 is 2.71 bits per heavy atom. The Kier molecular flexibility index (Phi) is 4.60. The zero-order chi connectivity index (χ0) is 16.4. The van der Waals surface area contributed by atoms with Crippen molar-refractivity contribution in [3.63, 3.8) is 0 Å². The number of para-hydroxylation sites is 1. The minimum atomic E-state index is 0.151. The van der Waals surface area contributed by atoms with E-state index < -0.39 is 0 Å². The standard InChI is InChI=1S/C19H23N3OS/c23-19(22-10-5-12-24-13-11-22)16-14-15-6-1-2-7-17(15)20-18(16)21-8-3-4-9-21/h1-2,6-7,14H,3-5,8-13H2. The maximum Gasteiger partial charge on any atom is 0.257 e. The first-order chi connectivity index (χ1) is 11.8. The van der Waals surface area contributed by atoms with Crippen LogP contribution < -0.4 is 4.90 Å². The van der Waals surface area contributed by atoms with Crippen molar-refractivity contribution in [2.75, 3.05) is 42.6 Å². The molecule has 0 saturated carbocycles. The first-order valence-electron chi connectivity index (χ1n) is 8.85. The molecule has 126 valence electrons. The summed E-state index contributed by atoms with van der Waals surface area (Å²) in [5.41, 5.74) is 1.75. The average Bonchev–Trinajstić information content (AvgIpc) is 3.02. The molecule has 4 rings (SSSR count). The van der Waals surface area contributed by atoms with Gasteiger partial charge in [0.2, 0.25) is 0 Å². The van der Waals surface area contributed by atoms with Crippen LogP contribution in [-0.2, 0) is 0 Å². The zero-order valence-corrected chi connectivity index (χ0v) is 14.7. The summed E-state index contributed by atoms with van der Waals surface area (Å²) in [4.78, 5) is 22.4. The second-order valence-electron chi connectivity index (χ2n) is 6.50. The van der Waals surface area contributed by atoms with Gasteiger partial charge in [-0.15, -0.1) is 0 Å². The number of pyridine rings is 1. The van der Waals surface area contributed by atoms with E-state index in [1.165, 1.54) is 12.8 Å². The van der Waals surface area contributed by atoms with Gasteiger partial charge in [0.15, 0.2) is 0 Å². The topological polar surface area (TPSA) is 36.4 Å². The number of fused-ring (bicyclic) bond motifs is 1. The van der Waals surface area contributed by atoms with Crippen LogP contribution >= 0.6 is 11.8 Å². The maximum absolute atomic E-state index is 13.2. The molecule has 0 aliphatic carbocycles. The van der Waals surface area contributed by atoms with Gasteiger partial charge < -0.3 is 9.80 Å². The number of anilines is 1. The number of nitrogens with zero attached hydrogens (tertiary/aromatic N) is 3. The molecule has 0 unspecified atom stereocenters. The third kappa shape index (κ3) is 3.09. The number of carbonyl (C=O) groups is 1. The fourth-order valence-electron chi connectivity index (χ4n) is 3.55. The van der Waals surface area contributed by atoms with Crippen molar-refractivity contribution >= 4 is 34.4 Å². The van der Waals surface area contributed by atoms with Gasteiger partial charge >= 0.3 is 0 Å². The van der Waals surface area contributed by atoms with Gasteiger partial charge in [-0.05, 0) is 37.1 Å². The molecule has 1 aromatic carbocycles. The molecule has 4 nitrogen and oxygen atoms in total. The van der Waals surface area contributed by atoms with Crippen LogP contribution in [0.25, 0.3) is 10.9 Å². The molecule has 0 radical (unpaired) electrons. The predicted octanol–water partition coefficient (Wildman–Crippen LogP) is 3.41. The molecule has 2 aliphatic heterocycles. The number of hydrogen-bond donors (Lipinski definition) is 0. The van der Waals surface area contributed by atoms with Crippen LogP contribution in [0.1, 0.15) is 29.6 Å². The van der Waals surface area contributed by atoms with Crippen LogP contribution in [0.15, 0.2) is 30.3 Å². The fourth-order valence-corrected chi connectivity index (χ4v) is 4.44. The molecule has 2 aliphatic rings. The predicted molar refractivity (Wildman–Crippen MR) is 101 cm³/mol.